The van der Waals surface area contributed by atoms with Crippen LogP contribution in [0.2, 0.25) is 0 Å². The third-order valence-corrected chi connectivity index (χ3v) is 6.63. The van der Waals surface area contributed by atoms with E-state index in [2.05, 4.69) is 26.7 Å². The zero-order valence-electron chi connectivity index (χ0n) is 12.5. The molecule has 0 amide bonds. The number of sulfonamides is 1. The van der Waals surface area contributed by atoms with Crippen molar-refractivity contribution in [1.82, 2.24) is 4.72 Å². The minimum atomic E-state index is -3.66. The molecule has 2 aromatic rings. The Balaban J connectivity index is 1.75. The monoisotopic (exact) mass is 395 g/mol. The van der Waals surface area contributed by atoms with Crippen LogP contribution in [0.25, 0.3) is 0 Å². The van der Waals surface area contributed by atoms with Crippen LogP contribution in [0.1, 0.15) is 17.5 Å². The van der Waals surface area contributed by atoms with Gasteiger partial charge in [-0.1, -0.05) is 36.4 Å². The number of nitrogens with one attached hydrogen (secondary N) is 1. The molecule has 4 nitrogen and oxygen atoms in total. The molecule has 0 spiro atoms. The van der Waals surface area contributed by atoms with E-state index < -0.39 is 15.6 Å². The molecule has 0 heterocycles. The molecular weight excluding hydrogens is 378 g/mol. The van der Waals surface area contributed by atoms with E-state index in [1.165, 1.54) is 11.6 Å². The molecule has 0 saturated carbocycles. The Morgan fingerprint density at radius 2 is 1.74 bits per heavy atom. The highest BCUT2D eigenvalue weighted by atomic mass is 79.9. The molecule has 2 aromatic carbocycles. The van der Waals surface area contributed by atoms with Gasteiger partial charge in [-0.05, 0) is 52.0 Å². The van der Waals surface area contributed by atoms with Crippen molar-refractivity contribution in [2.24, 2.45) is 0 Å². The normalized spacial score (nSPS) is 21.0. The van der Waals surface area contributed by atoms with Crippen LogP contribution in [0, 0.1) is 0 Å². The number of hydrogen-bond acceptors (Lipinski definition) is 3. The zero-order valence-corrected chi connectivity index (χ0v) is 14.9. The van der Waals surface area contributed by atoms with E-state index in [1.54, 1.807) is 18.2 Å². The van der Waals surface area contributed by atoms with Crippen LogP contribution in [-0.2, 0) is 22.9 Å². The summed E-state index contributed by atoms with van der Waals surface area (Å²) in [5.41, 5.74) is 1.26. The van der Waals surface area contributed by atoms with Crippen molar-refractivity contribution in [1.29, 1.82) is 0 Å². The summed E-state index contributed by atoms with van der Waals surface area (Å²) in [7, 11) is -3.66. The Morgan fingerprint density at radius 3 is 2.48 bits per heavy atom. The lowest BCUT2D eigenvalue weighted by atomic mass is 9.80. The van der Waals surface area contributed by atoms with E-state index in [9.17, 15) is 13.5 Å². The molecule has 0 radical (unpaired) electrons. The van der Waals surface area contributed by atoms with Crippen molar-refractivity contribution in [2.45, 2.75) is 29.8 Å². The topological polar surface area (TPSA) is 66.4 Å². The smallest absolute Gasteiger partial charge is 0.241 e. The second kappa shape index (κ2) is 6.36. The number of aryl methyl sites for hydroxylation is 1. The summed E-state index contributed by atoms with van der Waals surface area (Å²) in [6.07, 6.45) is 1.76. The number of halogens is 1. The van der Waals surface area contributed by atoms with Crippen molar-refractivity contribution in [2.75, 3.05) is 6.54 Å². The van der Waals surface area contributed by atoms with Gasteiger partial charge in [0.25, 0.3) is 0 Å². The Bertz CT molecular complexity index is 822. The van der Waals surface area contributed by atoms with Gasteiger partial charge in [0.05, 0.1) is 10.5 Å². The van der Waals surface area contributed by atoms with Crippen LogP contribution in [-0.4, -0.2) is 25.7 Å². The van der Waals surface area contributed by atoms with Gasteiger partial charge in [-0.2, -0.15) is 0 Å². The van der Waals surface area contributed by atoms with Crippen molar-refractivity contribution < 1.29 is 13.5 Å². The first-order valence-electron chi connectivity index (χ1n) is 7.43. The lowest BCUT2D eigenvalue weighted by molar-refractivity contribution is 0.0317. The van der Waals surface area contributed by atoms with Crippen molar-refractivity contribution >= 4 is 26.0 Å². The summed E-state index contributed by atoms with van der Waals surface area (Å²) in [5.74, 6) is 0. The van der Waals surface area contributed by atoms with Gasteiger partial charge in [0, 0.05) is 17.4 Å². The highest BCUT2D eigenvalue weighted by Gasteiger charge is 2.33. The van der Waals surface area contributed by atoms with Crippen LogP contribution < -0.4 is 4.72 Å². The van der Waals surface area contributed by atoms with E-state index in [1.807, 2.05) is 18.2 Å². The van der Waals surface area contributed by atoms with Crippen LogP contribution in [0.3, 0.4) is 0 Å². The van der Waals surface area contributed by atoms with Gasteiger partial charge in [-0.15, -0.1) is 0 Å². The highest BCUT2D eigenvalue weighted by Crippen LogP contribution is 2.29. The molecule has 1 aliphatic carbocycles. The number of hydrogen-bond donors (Lipinski definition) is 2. The second-order valence-corrected chi connectivity index (χ2v) is 8.51. The van der Waals surface area contributed by atoms with Gasteiger partial charge in [-0.25, -0.2) is 13.1 Å². The molecule has 23 heavy (non-hydrogen) atoms. The summed E-state index contributed by atoms with van der Waals surface area (Å²) >= 11 is 3.25. The summed E-state index contributed by atoms with van der Waals surface area (Å²) in [6.45, 7) is 0.00496. The summed E-state index contributed by atoms with van der Waals surface area (Å²) in [6, 6.07) is 14.6. The molecule has 3 rings (SSSR count). The number of benzene rings is 2. The largest absolute Gasteiger partial charge is 0.388 e. The Hall–Kier alpha value is -1.21. The van der Waals surface area contributed by atoms with Crippen molar-refractivity contribution in [3.05, 3.63) is 64.1 Å². The van der Waals surface area contributed by atoms with E-state index in [0.717, 1.165) is 12.0 Å². The number of rotatable bonds is 4. The van der Waals surface area contributed by atoms with E-state index in [4.69, 9.17) is 0 Å². The maximum Gasteiger partial charge on any atom is 0.241 e. The van der Waals surface area contributed by atoms with Gasteiger partial charge in [0.1, 0.15) is 0 Å². The first-order chi connectivity index (χ1) is 10.9. The molecule has 0 aromatic heterocycles. The van der Waals surface area contributed by atoms with Gasteiger partial charge in [0.15, 0.2) is 0 Å². The predicted octanol–water partition coefficient (Wildman–Crippen LogP) is 2.65. The van der Waals surface area contributed by atoms with E-state index in [-0.39, 0.29) is 11.4 Å². The minimum absolute atomic E-state index is 0.00496. The average molecular weight is 396 g/mol. The van der Waals surface area contributed by atoms with Crippen molar-refractivity contribution in [3.63, 3.8) is 0 Å². The van der Waals surface area contributed by atoms with Gasteiger partial charge in [-0.3, -0.25) is 0 Å². The van der Waals surface area contributed by atoms with Crippen LogP contribution in [0.4, 0.5) is 0 Å². The molecule has 0 aliphatic heterocycles. The fourth-order valence-electron chi connectivity index (χ4n) is 2.90. The highest BCUT2D eigenvalue weighted by molar-refractivity contribution is 9.10. The maximum absolute atomic E-state index is 12.4. The average Bonchev–Trinajstić information content (AvgIpc) is 2.53. The molecular formula is C17H18BrNO3S. The Kier molecular flexibility index (Phi) is 4.60. The third kappa shape index (κ3) is 3.66. The Labute approximate surface area is 144 Å². The van der Waals surface area contributed by atoms with E-state index >= 15 is 0 Å². The molecule has 2 N–H and O–H groups in total. The number of fused-ring (bicyclic) bond motifs is 1. The molecule has 0 fully saturated rings. The molecule has 122 valence electrons. The predicted molar refractivity (Wildman–Crippen MR) is 92.7 cm³/mol. The molecule has 0 saturated heterocycles. The third-order valence-electron chi connectivity index (χ3n) is 4.22. The fourth-order valence-corrected chi connectivity index (χ4v) is 5.03. The minimum Gasteiger partial charge on any atom is -0.388 e. The molecule has 1 atom stereocenters. The summed E-state index contributed by atoms with van der Waals surface area (Å²) < 4.78 is 27.9. The fraction of sp³-hybridized carbons (Fsp3) is 0.294. The molecule has 6 heteroatoms. The molecule has 1 aliphatic rings. The standard InChI is InChI=1S/C17H18BrNO3S/c18-15-7-3-4-8-16(15)23(21,22)19-12-17(20)10-9-13-5-1-2-6-14(13)11-17/h1-8,19-20H,9-12H2. The van der Waals surface area contributed by atoms with E-state index in [0.29, 0.717) is 17.3 Å². The maximum atomic E-state index is 12.4. The van der Waals surface area contributed by atoms with Gasteiger partial charge < -0.3 is 5.11 Å². The first kappa shape index (κ1) is 16.6. The first-order valence-corrected chi connectivity index (χ1v) is 9.71. The summed E-state index contributed by atoms with van der Waals surface area (Å²) in [4.78, 5) is 0.180. The van der Waals surface area contributed by atoms with Crippen molar-refractivity contribution in [3.8, 4) is 0 Å². The lowest BCUT2D eigenvalue weighted by Gasteiger charge is -2.33. The molecule has 0 bridgehead atoms. The second-order valence-electron chi connectivity index (χ2n) is 5.92. The lowest BCUT2D eigenvalue weighted by Crippen LogP contribution is -2.46. The van der Waals surface area contributed by atoms with Crippen LogP contribution >= 0.6 is 15.9 Å². The zero-order chi connectivity index (χ0) is 16.5. The summed E-state index contributed by atoms with van der Waals surface area (Å²) in [5, 5.41) is 10.8. The van der Waals surface area contributed by atoms with Crippen LogP contribution in [0.15, 0.2) is 57.9 Å². The quantitative estimate of drug-likeness (QED) is 0.835. The van der Waals surface area contributed by atoms with Gasteiger partial charge in [0.2, 0.25) is 10.0 Å². The van der Waals surface area contributed by atoms with Crippen LogP contribution in [0.5, 0.6) is 0 Å². The van der Waals surface area contributed by atoms with Gasteiger partial charge >= 0.3 is 0 Å². The molecule has 1 unspecified atom stereocenters. The Morgan fingerprint density at radius 1 is 1.09 bits per heavy atom. The number of aliphatic hydroxyl groups is 1. The SMILES string of the molecule is O=S(=O)(NCC1(O)CCc2ccccc2C1)c1ccccc1Br.